The highest BCUT2D eigenvalue weighted by atomic mass is 16.5. The molecule has 0 atom stereocenters. The Labute approximate surface area is 199 Å². The molecule has 1 aromatic heterocycles. The number of benzene rings is 2. The molecule has 0 spiro atoms. The first-order chi connectivity index (χ1) is 16.3. The third-order valence-corrected chi connectivity index (χ3v) is 5.86. The van der Waals surface area contributed by atoms with E-state index >= 15 is 0 Å². The first-order valence-corrected chi connectivity index (χ1v) is 11.7. The second-order valence-electron chi connectivity index (χ2n) is 9.23. The van der Waals surface area contributed by atoms with Crippen LogP contribution in [0.3, 0.4) is 0 Å². The van der Waals surface area contributed by atoms with E-state index in [1.165, 1.54) is 6.07 Å². The van der Waals surface area contributed by atoms with Crippen molar-refractivity contribution in [1.29, 1.82) is 0 Å². The third kappa shape index (κ3) is 4.83. The summed E-state index contributed by atoms with van der Waals surface area (Å²) in [7, 11) is 3.62. The molecule has 1 saturated heterocycles. The Morgan fingerprint density at radius 1 is 1.12 bits per heavy atom. The van der Waals surface area contributed by atoms with Gasteiger partial charge in [-0.15, -0.1) is 0 Å². The number of hydrogen-bond donors (Lipinski definition) is 3. The summed E-state index contributed by atoms with van der Waals surface area (Å²) in [6.45, 7) is 7.77. The molecule has 8 nitrogen and oxygen atoms in total. The second-order valence-corrected chi connectivity index (χ2v) is 9.23. The Bertz CT molecular complexity index is 1210. The summed E-state index contributed by atoms with van der Waals surface area (Å²) < 4.78 is 12.0. The molecule has 4 rings (SSSR count). The molecule has 0 bridgehead atoms. The van der Waals surface area contributed by atoms with E-state index in [0.29, 0.717) is 5.76 Å². The van der Waals surface area contributed by atoms with Crippen LogP contribution in [0.2, 0.25) is 0 Å². The lowest BCUT2D eigenvalue weighted by Gasteiger charge is -2.22. The van der Waals surface area contributed by atoms with E-state index in [2.05, 4.69) is 10.2 Å². The zero-order valence-corrected chi connectivity index (χ0v) is 20.2. The fraction of sp³-hybridized carbons (Fsp3) is 0.423. The summed E-state index contributed by atoms with van der Waals surface area (Å²) in [6, 6.07) is 9.25. The molecule has 3 N–H and O–H groups in total. The molecular formula is C26H33N3O5. The number of nitrogens with zero attached hydrogens (tertiary/aromatic N) is 2. The number of fused-ring (bicyclic) bond motifs is 1. The number of phenols is 2. The Hall–Kier alpha value is -3.23. The Morgan fingerprint density at radius 2 is 1.85 bits per heavy atom. The maximum Gasteiger partial charge on any atom is 0.205 e. The van der Waals surface area contributed by atoms with E-state index in [9.17, 15) is 15.0 Å². The minimum absolute atomic E-state index is 0.00253. The SMILES string of the molecule is CC(C)Oc1c(O)c(CN(C)C)c(O)c2c(=O)cc(-c3ccc(N4CCCNCC4)cc3)oc12. The van der Waals surface area contributed by atoms with Crippen LogP contribution < -0.4 is 20.4 Å². The maximum atomic E-state index is 13.1. The summed E-state index contributed by atoms with van der Waals surface area (Å²) in [5.41, 5.74) is 1.71. The summed E-state index contributed by atoms with van der Waals surface area (Å²) in [6.07, 6.45) is 0.810. The van der Waals surface area contributed by atoms with E-state index in [0.717, 1.165) is 43.9 Å². The van der Waals surface area contributed by atoms with Gasteiger partial charge in [-0.1, -0.05) is 0 Å². The molecule has 3 aromatic rings. The number of anilines is 1. The first-order valence-electron chi connectivity index (χ1n) is 11.7. The van der Waals surface area contributed by atoms with Gasteiger partial charge in [-0.2, -0.15) is 0 Å². The van der Waals surface area contributed by atoms with Crippen LogP contribution >= 0.6 is 0 Å². The van der Waals surface area contributed by atoms with Crippen molar-refractivity contribution in [2.24, 2.45) is 0 Å². The predicted molar refractivity (Wildman–Crippen MR) is 134 cm³/mol. The van der Waals surface area contributed by atoms with Crippen molar-refractivity contribution in [3.05, 3.63) is 46.1 Å². The first kappa shape index (κ1) is 23.9. The Kier molecular flexibility index (Phi) is 7.00. The highest BCUT2D eigenvalue weighted by molar-refractivity contribution is 5.93. The predicted octanol–water partition coefficient (Wildman–Crippen LogP) is 3.52. The van der Waals surface area contributed by atoms with E-state index in [4.69, 9.17) is 9.15 Å². The van der Waals surface area contributed by atoms with Gasteiger partial charge in [0.1, 0.15) is 16.9 Å². The summed E-state index contributed by atoms with van der Waals surface area (Å²) in [5.74, 6) is -0.109. The summed E-state index contributed by atoms with van der Waals surface area (Å²) >= 11 is 0. The van der Waals surface area contributed by atoms with Crippen molar-refractivity contribution in [3.8, 4) is 28.6 Å². The molecule has 2 heterocycles. The van der Waals surface area contributed by atoms with Gasteiger partial charge >= 0.3 is 0 Å². The standard InChI is InChI=1S/C26H33N3O5/c1-16(2)33-26-24(32)19(15-28(3)4)23(31)22-20(30)14-21(34-25(22)26)17-6-8-18(9-7-17)29-12-5-10-27-11-13-29/h6-9,14,16,27,31-32H,5,10-13,15H2,1-4H3. The quantitative estimate of drug-likeness (QED) is 0.507. The monoisotopic (exact) mass is 467 g/mol. The lowest BCUT2D eigenvalue weighted by Crippen LogP contribution is -2.27. The van der Waals surface area contributed by atoms with Crippen LogP contribution in [0, 0.1) is 0 Å². The molecule has 0 unspecified atom stereocenters. The number of rotatable bonds is 6. The smallest absolute Gasteiger partial charge is 0.205 e. The molecule has 8 heteroatoms. The molecule has 1 aliphatic heterocycles. The van der Waals surface area contributed by atoms with Gasteiger partial charge in [0, 0.05) is 43.5 Å². The average molecular weight is 468 g/mol. The maximum absolute atomic E-state index is 13.1. The van der Waals surface area contributed by atoms with Gasteiger partial charge in [0.2, 0.25) is 5.75 Å². The lowest BCUT2D eigenvalue weighted by molar-refractivity contribution is 0.229. The van der Waals surface area contributed by atoms with Crippen LogP contribution in [0.4, 0.5) is 5.69 Å². The number of nitrogens with one attached hydrogen (secondary N) is 1. The van der Waals surface area contributed by atoms with Crippen LogP contribution in [-0.2, 0) is 6.54 Å². The van der Waals surface area contributed by atoms with Crippen molar-refractivity contribution in [2.45, 2.75) is 32.9 Å². The fourth-order valence-corrected chi connectivity index (χ4v) is 4.28. The van der Waals surface area contributed by atoms with Gasteiger partial charge in [0.05, 0.1) is 11.7 Å². The minimum atomic E-state index is -0.398. The van der Waals surface area contributed by atoms with Crippen molar-refractivity contribution >= 4 is 16.7 Å². The van der Waals surface area contributed by atoms with E-state index in [1.807, 2.05) is 52.2 Å². The number of hydrogen-bond acceptors (Lipinski definition) is 8. The van der Waals surface area contributed by atoms with Gasteiger partial charge in [-0.25, -0.2) is 0 Å². The molecular weight excluding hydrogens is 434 g/mol. The van der Waals surface area contributed by atoms with Crippen molar-refractivity contribution in [3.63, 3.8) is 0 Å². The van der Waals surface area contributed by atoms with Crippen molar-refractivity contribution < 1.29 is 19.4 Å². The van der Waals surface area contributed by atoms with Crippen LogP contribution in [-0.4, -0.2) is 61.5 Å². The molecule has 182 valence electrons. The van der Waals surface area contributed by atoms with Gasteiger partial charge < -0.3 is 34.5 Å². The molecule has 0 amide bonds. The van der Waals surface area contributed by atoms with Crippen LogP contribution in [0.15, 0.2) is 39.5 Å². The Morgan fingerprint density at radius 3 is 2.53 bits per heavy atom. The summed E-state index contributed by atoms with van der Waals surface area (Å²) in [4.78, 5) is 17.3. The largest absolute Gasteiger partial charge is 0.507 e. The normalized spacial score (nSPS) is 14.7. The van der Waals surface area contributed by atoms with E-state index in [-0.39, 0.29) is 46.4 Å². The van der Waals surface area contributed by atoms with Crippen LogP contribution in [0.25, 0.3) is 22.3 Å². The zero-order chi connectivity index (χ0) is 24.4. The van der Waals surface area contributed by atoms with Gasteiger partial charge in [0.15, 0.2) is 16.8 Å². The van der Waals surface area contributed by atoms with Crippen molar-refractivity contribution in [2.75, 3.05) is 45.2 Å². The number of aromatic hydroxyl groups is 2. The van der Waals surface area contributed by atoms with Gasteiger partial charge in [0.25, 0.3) is 0 Å². The summed E-state index contributed by atoms with van der Waals surface area (Å²) in [5, 5.41) is 25.2. The van der Waals surface area contributed by atoms with Crippen LogP contribution in [0.1, 0.15) is 25.8 Å². The molecule has 0 radical (unpaired) electrons. The minimum Gasteiger partial charge on any atom is -0.507 e. The molecule has 1 aliphatic rings. The number of phenolic OH excluding ortho intramolecular Hbond substituents is 2. The zero-order valence-electron chi connectivity index (χ0n) is 20.2. The molecule has 1 fully saturated rings. The lowest BCUT2D eigenvalue weighted by atomic mass is 10.0. The fourth-order valence-electron chi connectivity index (χ4n) is 4.28. The third-order valence-electron chi connectivity index (χ3n) is 5.86. The molecule has 0 saturated carbocycles. The molecule has 34 heavy (non-hydrogen) atoms. The highest BCUT2D eigenvalue weighted by Crippen LogP contribution is 2.45. The van der Waals surface area contributed by atoms with Crippen molar-refractivity contribution in [1.82, 2.24) is 10.2 Å². The highest BCUT2D eigenvalue weighted by Gasteiger charge is 2.26. The van der Waals surface area contributed by atoms with Gasteiger partial charge in [-0.3, -0.25) is 4.79 Å². The Balaban J connectivity index is 1.81. The molecule has 2 aromatic carbocycles. The second kappa shape index (κ2) is 9.95. The van der Waals surface area contributed by atoms with Gasteiger partial charge in [-0.05, 0) is 65.2 Å². The topological polar surface area (TPSA) is 98.4 Å². The number of ether oxygens (including phenoxy) is 1. The average Bonchev–Trinajstić information content (AvgIpc) is 3.08. The van der Waals surface area contributed by atoms with E-state index < -0.39 is 5.43 Å². The molecule has 0 aliphatic carbocycles. The van der Waals surface area contributed by atoms with Crippen LogP contribution in [0.5, 0.6) is 17.2 Å². The van der Waals surface area contributed by atoms with E-state index in [1.54, 1.807) is 4.90 Å².